The van der Waals surface area contributed by atoms with E-state index in [0.717, 1.165) is 30.5 Å². The Morgan fingerprint density at radius 2 is 2.25 bits per heavy atom. The number of rotatable bonds is 5. The maximum atomic E-state index is 4.19. The molecule has 4 heteroatoms. The van der Waals surface area contributed by atoms with Crippen molar-refractivity contribution in [3.05, 3.63) is 11.9 Å². The Bertz CT molecular complexity index is 315. The first kappa shape index (κ1) is 11.6. The Morgan fingerprint density at radius 1 is 1.50 bits per heavy atom. The monoisotopic (exact) mass is 222 g/mol. The topological polar surface area (TPSA) is 42.7 Å². The number of aromatic nitrogens is 3. The van der Waals surface area contributed by atoms with Crippen molar-refractivity contribution < 1.29 is 0 Å². The molecule has 1 heterocycles. The lowest BCUT2D eigenvalue weighted by Crippen LogP contribution is -2.26. The fourth-order valence-electron chi connectivity index (χ4n) is 2.85. The van der Waals surface area contributed by atoms with Crippen LogP contribution in [0.5, 0.6) is 0 Å². The van der Waals surface area contributed by atoms with Crippen LogP contribution in [0.2, 0.25) is 0 Å². The van der Waals surface area contributed by atoms with Gasteiger partial charge in [0.1, 0.15) is 0 Å². The highest BCUT2D eigenvalue weighted by atomic mass is 15.4. The molecule has 1 aromatic heterocycles. The van der Waals surface area contributed by atoms with E-state index in [1.165, 1.54) is 25.7 Å². The van der Waals surface area contributed by atoms with Gasteiger partial charge in [-0.3, -0.25) is 4.68 Å². The smallest absolute Gasteiger partial charge is 0.0830 e. The number of aryl methyl sites for hydroxylation is 1. The van der Waals surface area contributed by atoms with E-state index in [-0.39, 0.29) is 0 Å². The van der Waals surface area contributed by atoms with Crippen LogP contribution in [0.3, 0.4) is 0 Å². The highest BCUT2D eigenvalue weighted by molar-refractivity contribution is 4.96. The summed E-state index contributed by atoms with van der Waals surface area (Å²) in [6.07, 6.45) is 8.72. The minimum absolute atomic E-state index is 0.726. The van der Waals surface area contributed by atoms with Crippen molar-refractivity contribution in [2.24, 2.45) is 18.9 Å². The highest BCUT2D eigenvalue weighted by Gasteiger charge is 2.25. The predicted octanol–water partition coefficient (Wildman–Crippen LogP) is 1.38. The molecular weight excluding hydrogens is 200 g/mol. The molecule has 1 aliphatic carbocycles. The average molecular weight is 222 g/mol. The maximum Gasteiger partial charge on any atom is 0.0830 e. The summed E-state index contributed by atoms with van der Waals surface area (Å²) in [5.41, 5.74) is 1.13. The lowest BCUT2D eigenvalue weighted by atomic mass is 9.87. The summed E-state index contributed by atoms with van der Waals surface area (Å²) in [7, 11) is 3.97. The largest absolute Gasteiger partial charge is 0.319 e. The zero-order valence-electron chi connectivity index (χ0n) is 10.3. The van der Waals surface area contributed by atoms with Crippen molar-refractivity contribution in [1.29, 1.82) is 0 Å². The van der Waals surface area contributed by atoms with Crippen LogP contribution in [-0.2, 0) is 13.5 Å². The van der Waals surface area contributed by atoms with Crippen LogP contribution in [0.25, 0.3) is 0 Å². The van der Waals surface area contributed by atoms with Gasteiger partial charge in [-0.1, -0.05) is 30.9 Å². The van der Waals surface area contributed by atoms with Gasteiger partial charge in [0.15, 0.2) is 0 Å². The van der Waals surface area contributed by atoms with Gasteiger partial charge in [-0.25, -0.2) is 0 Å². The predicted molar refractivity (Wildman–Crippen MR) is 64.1 cm³/mol. The first-order valence-electron chi connectivity index (χ1n) is 6.29. The summed E-state index contributed by atoms with van der Waals surface area (Å²) in [6.45, 7) is 1.10. The molecule has 1 atom stereocenters. The first-order valence-corrected chi connectivity index (χ1v) is 6.29. The summed E-state index contributed by atoms with van der Waals surface area (Å²) < 4.78 is 1.79. The lowest BCUT2D eigenvalue weighted by molar-refractivity contribution is 0.326. The molecule has 1 N–H and O–H groups in total. The van der Waals surface area contributed by atoms with Crippen LogP contribution in [0.15, 0.2) is 6.20 Å². The van der Waals surface area contributed by atoms with E-state index in [1.54, 1.807) is 4.68 Å². The molecular formula is C12H22N4. The van der Waals surface area contributed by atoms with Gasteiger partial charge < -0.3 is 5.32 Å². The number of hydrogen-bond acceptors (Lipinski definition) is 3. The Balaban J connectivity index is 1.96. The molecule has 1 fully saturated rings. The third-order valence-corrected chi connectivity index (χ3v) is 3.65. The molecule has 0 aromatic carbocycles. The fraction of sp³-hybridized carbons (Fsp3) is 0.833. The molecule has 2 rings (SSSR count). The third kappa shape index (κ3) is 2.82. The molecule has 0 bridgehead atoms. The van der Waals surface area contributed by atoms with E-state index in [0.29, 0.717) is 0 Å². The van der Waals surface area contributed by atoms with E-state index < -0.39 is 0 Å². The molecule has 16 heavy (non-hydrogen) atoms. The van der Waals surface area contributed by atoms with Gasteiger partial charge in [0.25, 0.3) is 0 Å². The molecule has 0 spiro atoms. The minimum Gasteiger partial charge on any atom is -0.319 e. The minimum atomic E-state index is 0.726. The van der Waals surface area contributed by atoms with Gasteiger partial charge in [0, 0.05) is 13.2 Å². The molecule has 0 amide bonds. The van der Waals surface area contributed by atoms with Crippen LogP contribution in [-0.4, -0.2) is 28.6 Å². The zero-order valence-corrected chi connectivity index (χ0v) is 10.3. The number of nitrogens with one attached hydrogen (secondary N) is 1. The van der Waals surface area contributed by atoms with Crippen molar-refractivity contribution in [2.75, 3.05) is 13.6 Å². The molecule has 0 aliphatic heterocycles. The number of hydrogen-bond donors (Lipinski definition) is 1. The van der Waals surface area contributed by atoms with Crippen LogP contribution in [0, 0.1) is 11.8 Å². The normalized spacial score (nSPS) is 19.1. The van der Waals surface area contributed by atoms with Crippen LogP contribution in [0.4, 0.5) is 0 Å². The zero-order chi connectivity index (χ0) is 11.4. The second-order valence-electron chi connectivity index (χ2n) is 4.95. The van der Waals surface area contributed by atoms with Crippen LogP contribution in [0.1, 0.15) is 31.4 Å². The van der Waals surface area contributed by atoms with Crippen molar-refractivity contribution in [1.82, 2.24) is 20.3 Å². The summed E-state index contributed by atoms with van der Waals surface area (Å²) in [5.74, 6) is 1.61. The SMILES string of the molecule is CNCC(Cc1cn(C)nn1)C1CCCC1. The average Bonchev–Trinajstić information content (AvgIpc) is 2.88. The van der Waals surface area contributed by atoms with Crippen LogP contribution >= 0.6 is 0 Å². The molecule has 0 radical (unpaired) electrons. The quantitative estimate of drug-likeness (QED) is 0.818. The van der Waals surface area contributed by atoms with E-state index in [4.69, 9.17) is 0 Å². The van der Waals surface area contributed by atoms with Crippen molar-refractivity contribution in [3.63, 3.8) is 0 Å². The second-order valence-corrected chi connectivity index (χ2v) is 4.95. The Morgan fingerprint density at radius 3 is 2.81 bits per heavy atom. The summed E-state index contributed by atoms with van der Waals surface area (Å²) in [4.78, 5) is 0. The highest BCUT2D eigenvalue weighted by Crippen LogP contribution is 2.32. The van der Waals surface area contributed by atoms with E-state index >= 15 is 0 Å². The fourth-order valence-corrected chi connectivity index (χ4v) is 2.85. The standard InChI is InChI=1S/C12H22N4/c1-13-8-11(10-5-3-4-6-10)7-12-9-16(2)15-14-12/h9-11,13H,3-8H2,1-2H3. The molecule has 1 unspecified atom stereocenters. The number of nitrogens with zero attached hydrogens (tertiary/aromatic N) is 3. The van der Waals surface area contributed by atoms with E-state index in [2.05, 4.69) is 15.6 Å². The molecule has 0 saturated heterocycles. The summed E-state index contributed by atoms with van der Waals surface area (Å²) in [6, 6.07) is 0. The van der Waals surface area contributed by atoms with Gasteiger partial charge in [0.05, 0.1) is 5.69 Å². The molecule has 1 aliphatic rings. The Hall–Kier alpha value is -0.900. The van der Waals surface area contributed by atoms with E-state index in [1.807, 2.05) is 20.3 Å². The molecule has 1 aromatic rings. The first-order chi connectivity index (χ1) is 7.79. The molecule has 90 valence electrons. The molecule has 4 nitrogen and oxygen atoms in total. The summed E-state index contributed by atoms with van der Waals surface area (Å²) in [5, 5.41) is 11.5. The van der Waals surface area contributed by atoms with Gasteiger partial charge in [-0.2, -0.15) is 0 Å². The lowest BCUT2D eigenvalue weighted by Gasteiger charge is -2.22. The van der Waals surface area contributed by atoms with Crippen LogP contribution < -0.4 is 5.32 Å². The van der Waals surface area contributed by atoms with Gasteiger partial charge >= 0.3 is 0 Å². The Labute approximate surface area is 97.4 Å². The third-order valence-electron chi connectivity index (χ3n) is 3.65. The van der Waals surface area contributed by atoms with Crippen molar-refractivity contribution in [3.8, 4) is 0 Å². The van der Waals surface area contributed by atoms with Crippen molar-refractivity contribution in [2.45, 2.75) is 32.1 Å². The maximum absolute atomic E-state index is 4.19. The second kappa shape index (κ2) is 5.43. The molecule has 1 saturated carbocycles. The van der Waals surface area contributed by atoms with Gasteiger partial charge in [-0.05, 0) is 31.8 Å². The Kier molecular flexibility index (Phi) is 3.93. The van der Waals surface area contributed by atoms with E-state index in [9.17, 15) is 0 Å². The summed E-state index contributed by atoms with van der Waals surface area (Å²) >= 11 is 0. The van der Waals surface area contributed by atoms with Gasteiger partial charge in [-0.15, -0.1) is 5.10 Å². The van der Waals surface area contributed by atoms with Gasteiger partial charge in [0.2, 0.25) is 0 Å². The van der Waals surface area contributed by atoms with Crippen molar-refractivity contribution >= 4 is 0 Å².